The normalized spacial score (nSPS) is 28.5. The van der Waals surface area contributed by atoms with E-state index in [1.807, 2.05) is 6.07 Å². The molecule has 2 aliphatic heterocycles. The molecule has 6 rings (SSSR count). The number of hydrogen-bond acceptors (Lipinski definition) is 8. The van der Waals surface area contributed by atoms with Crippen molar-refractivity contribution in [3.05, 3.63) is 41.4 Å². The number of benzene rings is 1. The summed E-state index contributed by atoms with van der Waals surface area (Å²) in [6, 6.07) is 8.51. The van der Waals surface area contributed by atoms with Crippen LogP contribution >= 0.6 is 11.6 Å². The number of ether oxygens (including phenoxy) is 1. The highest BCUT2D eigenvalue weighted by molar-refractivity contribution is 6.28. The maximum atomic E-state index is 10.5. The van der Waals surface area contributed by atoms with Gasteiger partial charge in [-0.25, -0.2) is 4.98 Å². The molecule has 4 heterocycles. The third-order valence-electron chi connectivity index (χ3n) is 7.71. The van der Waals surface area contributed by atoms with Crippen LogP contribution in [0.2, 0.25) is 5.28 Å². The van der Waals surface area contributed by atoms with Crippen molar-refractivity contribution in [3.63, 3.8) is 0 Å². The maximum Gasteiger partial charge on any atom is 0.226 e. The van der Waals surface area contributed by atoms with Gasteiger partial charge in [-0.05, 0) is 36.1 Å². The van der Waals surface area contributed by atoms with Gasteiger partial charge in [0.1, 0.15) is 18.3 Å². The van der Waals surface area contributed by atoms with Crippen LogP contribution in [0.1, 0.15) is 50.3 Å². The third kappa shape index (κ3) is 3.33. The zero-order valence-electron chi connectivity index (χ0n) is 18.7. The molecule has 0 radical (unpaired) electrons. The SMILES string of the molecule is OC[C@H]1O[C@@H](n2cnc3c(N4CC5(CCCCCC5)c5ccccc54)nc(Cl)nc32)[C@@H](O)C1O. The molecule has 0 amide bonds. The fraction of sp³-hybridized carbons (Fsp3) is 0.542. The largest absolute Gasteiger partial charge is 0.394 e. The molecule has 2 fully saturated rings. The highest BCUT2D eigenvalue weighted by Crippen LogP contribution is 2.51. The van der Waals surface area contributed by atoms with E-state index in [0.717, 1.165) is 25.1 Å². The lowest BCUT2D eigenvalue weighted by atomic mass is 9.76. The van der Waals surface area contributed by atoms with E-state index >= 15 is 0 Å². The number of nitrogens with zero attached hydrogens (tertiary/aromatic N) is 5. The van der Waals surface area contributed by atoms with Gasteiger partial charge in [-0.1, -0.05) is 43.9 Å². The minimum absolute atomic E-state index is 0.0651. The van der Waals surface area contributed by atoms with E-state index in [2.05, 4.69) is 38.1 Å². The summed E-state index contributed by atoms with van der Waals surface area (Å²) in [5.41, 5.74) is 3.49. The van der Waals surface area contributed by atoms with Crippen LogP contribution in [0.3, 0.4) is 0 Å². The van der Waals surface area contributed by atoms with Crippen LogP contribution in [0.15, 0.2) is 30.6 Å². The first-order chi connectivity index (χ1) is 16.5. The van der Waals surface area contributed by atoms with Crippen LogP contribution in [0.4, 0.5) is 11.5 Å². The summed E-state index contributed by atoms with van der Waals surface area (Å²) in [5, 5.41) is 30.3. The Labute approximate surface area is 202 Å². The Hall–Kier alpha value is -2.30. The fourth-order valence-corrected chi connectivity index (χ4v) is 6.17. The summed E-state index contributed by atoms with van der Waals surface area (Å²) >= 11 is 6.41. The van der Waals surface area contributed by atoms with Gasteiger partial charge in [0.05, 0.1) is 12.9 Å². The highest BCUT2D eigenvalue weighted by Gasteiger charge is 2.46. The molecule has 34 heavy (non-hydrogen) atoms. The summed E-state index contributed by atoms with van der Waals surface area (Å²) < 4.78 is 7.26. The maximum absolute atomic E-state index is 10.5. The van der Waals surface area contributed by atoms with Crippen molar-refractivity contribution < 1.29 is 20.1 Å². The van der Waals surface area contributed by atoms with E-state index in [-0.39, 0.29) is 10.7 Å². The van der Waals surface area contributed by atoms with E-state index in [0.29, 0.717) is 17.0 Å². The van der Waals surface area contributed by atoms with E-state index in [9.17, 15) is 15.3 Å². The average Bonchev–Trinajstić information content (AvgIpc) is 3.41. The van der Waals surface area contributed by atoms with Gasteiger partial charge in [0.15, 0.2) is 23.2 Å². The predicted octanol–water partition coefficient (Wildman–Crippen LogP) is 2.83. The predicted molar refractivity (Wildman–Crippen MR) is 126 cm³/mol. The van der Waals surface area contributed by atoms with Gasteiger partial charge in [-0.15, -0.1) is 0 Å². The molecule has 3 aromatic rings. The number of aromatic nitrogens is 4. The van der Waals surface area contributed by atoms with Gasteiger partial charge in [0, 0.05) is 17.6 Å². The summed E-state index contributed by atoms with van der Waals surface area (Å²) in [4.78, 5) is 15.8. The summed E-state index contributed by atoms with van der Waals surface area (Å²) in [6.45, 7) is 0.393. The number of anilines is 2. The lowest BCUT2D eigenvalue weighted by Gasteiger charge is -2.29. The summed E-state index contributed by atoms with van der Waals surface area (Å²) in [5.74, 6) is 0.620. The van der Waals surface area contributed by atoms with Crippen molar-refractivity contribution in [1.29, 1.82) is 0 Å². The molecule has 1 aliphatic carbocycles. The number of halogens is 1. The molecule has 1 spiro atoms. The van der Waals surface area contributed by atoms with E-state index in [1.54, 1.807) is 4.57 Å². The lowest BCUT2D eigenvalue weighted by Crippen LogP contribution is -2.33. The Morgan fingerprint density at radius 3 is 2.56 bits per heavy atom. The molecule has 1 aromatic carbocycles. The zero-order chi connectivity index (χ0) is 23.4. The van der Waals surface area contributed by atoms with Crippen LogP contribution < -0.4 is 4.90 Å². The van der Waals surface area contributed by atoms with Crippen molar-refractivity contribution in [2.75, 3.05) is 18.1 Å². The Balaban J connectivity index is 1.45. The van der Waals surface area contributed by atoms with Crippen molar-refractivity contribution in [2.24, 2.45) is 0 Å². The zero-order valence-corrected chi connectivity index (χ0v) is 19.5. The number of fused-ring (bicyclic) bond motifs is 3. The molecule has 3 aliphatic rings. The van der Waals surface area contributed by atoms with Gasteiger partial charge in [0.2, 0.25) is 5.28 Å². The highest BCUT2D eigenvalue weighted by atomic mass is 35.5. The number of imidazole rings is 1. The van der Waals surface area contributed by atoms with Gasteiger partial charge >= 0.3 is 0 Å². The molecule has 2 aromatic heterocycles. The molecule has 1 unspecified atom stereocenters. The summed E-state index contributed by atoms with van der Waals surface area (Å²) in [7, 11) is 0. The smallest absolute Gasteiger partial charge is 0.226 e. The van der Waals surface area contributed by atoms with Crippen molar-refractivity contribution in [3.8, 4) is 0 Å². The lowest BCUT2D eigenvalue weighted by molar-refractivity contribution is -0.0511. The molecule has 1 saturated heterocycles. The first-order valence-electron chi connectivity index (χ1n) is 11.9. The fourth-order valence-electron chi connectivity index (χ4n) is 6.01. The number of para-hydroxylation sites is 1. The Bertz CT molecular complexity index is 1210. The van der Waals surface area contributed by atoms with Crippen LogP contribution in [-0.4, -0.2) is 66.3 Å². The minimum atomic E-state index is -1.24. The van der Waals surface area contributed by atoms with E-state index in [1.165, 1.54) is 37.6 Å². The second kappa shape index (κ2) is 8.42. The molecule has 4 atom stereocenters. The van der Waals surface area contributed by atoms with E-state index < -0.39 is 31.1 Å². The van der Waals surface area contributed by atoms with E-state index in [4.69, 9.17) is 16.3 Å². The van der Waals surface area contributed by atoms with Gasteiger partial charge in [-0.3, -0.25) is 4.57 Å². The molecule has 9 nitrogen and oxygen atoms in total. The standard InChI is InChI=1S/C24H28ClN5O4/c25-23-27-20(17-21(28-23)30(13-26-17)22-19(33)18(32)16(11-31)34-22)29-12-24(9-5-1-2-6-10-24)14-7-3-4-8-15(14)29/h3-4,7-8,13,16,18-19,22,31-33H,1-2,5-6,9-12H2/t16-,18?,19+,22-/m1/s1. The average molecular weight is 486 g/mol. The first-order valence-corrected chi connectivity index (χ1v) is 12.3. The molecule has 1 saturated carbocycles. The minimum Gasteiger partial charge on any atom is -0.394 e. The number of rotatable bonds is 3. The van der Waals surface area contributed by atoms with Crippen molar-refractivity contribution >= 4 is 34.3 Å². The van der Waals surface area contributed by atoms with Gasteiger partial charge in [-0.2, -0.15) is 9.97 Å². The van der Waals surface area contributed by atoms with Crippen LogP contribution in [0.5, 0.6) is 0 Å². The summed E-state index contributed by atoms with van der Waals surface area (Å²) in [6.07, 6.45) is 4.44. The Morgan fingerprint density at radius 2 is 1.82 bits per heavy atom. The van der Waals surface area contributed by atoms with Crippen LogP contribution in [0, 0.1) is 0 Å². The second-order valence-corrected chi connectivity index (χ2v) is 10.0. The topological polar surface area (TPSA) is 117 Å². The van der Waals surface area contributed by atoms with Crippen molar-refractivity contribution in [2.45, 2.75) is 68.5 Å². The molecule has 0 bridgehead atoms. The quantitative estimate of drug-likeness (QED) is 0.485. The number of aliphatic hydroxyl groups is 3. The van der Waals surface area contributed by atoms with Crippen molar-refractivity contribution in [1.82, 2.24) is 19.5 Å². The number of aliphatic hydroxyl groups excluding tert-OH is 3. The molecular weight excluding hydrogens is 458 g/mol. The first kappa shape index (κ1) is 22.2. The van der Waals surface area contributed by atoms with Gasteiger partial charge < -0.3 is 25.0 Å². The van der Waals surface area contributed by atoms with Gasteiger partial charge in [0.25, 0.3) is 0 Å². The molecule has 180 valence electrons. The molecular formula is C24H28ClN5O4. The Kier molecular flexibility index (Phi) is 5.50. The monoisotopic (exact) mass is 485 g/mol. The molecule has 10 heteroatoms. The molecule has 3 N–H and O–H groups in total. The third-order valence-corrected chi connectivity index (χ3v) is 7.88. The Morgan fingerprint density at radius 1 is 1.06 bits per heavy atom. The number of hydrogen-bond donors (Lipinski definition) is 3. The van der Waals surface area contributed by atoms with Crippen LogP contribution in [0.25, 0.3) is 11.2 Å². The second-order valence-electron chi connectivity index (χ2n) is 9.67. The van der Waals surface area contributed by atoms with Crippen LogP contribution in [-0.2, 0) is 10.2 Å².